The fourth-order valence-electron chi connectivity index (χ4n) is 1.92. The van der Waals surface area contributed by atoms with Crippen molar-refractivity contribution in [3.63, 3.8) is 0 Å². The van der Waals surface area contributed by atoms with Gasteiger partial charge in [0, 0.05) is 30.7 Å². The number of anilines is 2. The number of carbonyl (C=O) groups excluding carboxylic acids is 1. The maximum absolute atomic E-state index is 11.3. The summed E-state index contributed by atoms with van der Waals surface area (Å²) in [6.07, 6.45) is 7.82. The van der Waals surface area contributed by atoms with Gasteiger partial charge in [-0.25, -0.2) is 4.99 Å². The van der Waals surface area contributed by atoms with Crippen molar-refractivity contribution in [3.05, 3.63) is 67.3 Å². The monoisotopic (exact) mass is 338 g/mol. The number of hydrogen-bond donors (Lipinski definition) is 2. The Morgan fingerprint density at radius 2 is 2.24 bits per heavy atom. The Bertz CT molecular complexity index is 831. The molecule has 7 nitrogen and oxygen atoms in total. The molecule has 0 aliphatic rings. The number of hydrogen-bond acceptors (Lipinski definition) is 6. The third-order valence-electron chi connectivity index (χ3n) is 3.22. The highest BCUT2D eigenvalue weighted by molar-refractivity contribution is 5.92. The van der Waals surface area contributed by atoms with Crippen molar-refractivity contribution in [2.45, 2.75) is 6.92 Å². The van der Waals surface area contributed by atoms with E-state index in [4.69, 9.17) is 10.5 Å². The van der Waals surface area contributed by atoms with E-state index in [-0.39, 0.29) is 11.6 Å². The molecule has 0 aliphatic carbocycles. The largest absolute Gasteiger partial charge is 0.508 e. The molecule has 0 atom stereocenters. The van der Waals surface area contributed by atoms with Crippen molar-refractivity contribution in [3.8, 4) is 11.5 Å². The third-order valence-corrected chi connectivity index (χ3v) is 3.22. The average Bonchev–Trinajstić information content (AvgIpc) is 2.60. The van der Waals surface area contributed by atoms with Crippen LogP contribution in [0.3, 0.4) is 0 Å². The van der Waals surface area contributed by atoms with Crippen LogP contribution in [0.15, 0.2) is 66.7 Å². The Morgan fingerprint density at radius 3 is 2.88 bits per heavy atom. The quantitative estimate of drug-likeness (QED) is 0.479. The lowest BCUT2D eigenvalue weighted by Gasteiger charge is -2.14. The fourth-order valence-corrected chi connectivity index (χ4v) is 1.92. The van der Waals surface area contributed by atoms with Gasteiger partial charge in [-0.05, 0) is 24.6 Å². The molecule has 25 heavy (non-hydrogen) atoms. The summed E-state index contributed by atoms with van der Waals surface area (Å²) in [7, 11) is 0. The molecule has 1 aromatic heterocycles. The number of rotatable bonds is 6. The number of nitrogen functional groups attached to an aromatic ring is 1. The van der Waals surface area contributed by atoms with E-state index in [9.17, 15) is 9.90 Å². The summed E-state index contributed by atoms with van der Waals surface area (Å²) in [5, 5.41) is 9.75. The molecule has 0 saturated carbocycles. The summed E-state index contributed by atoms with van der Waals surface area (Å²) < 4.78 is 5.60. The van der Waals surface area contributed by atoms with Crippen LogP contribution in [0.25, 0.3) is 0 Å². The van der Waals surface area contributed by atoms with Crippen molar-refractivity contribution in [1.82, 2.24) is 4.98 Å². The first-order valence-electron chi connectivity index (χ1n) is 7.32. The number of carbonyl (C=O) groups is 1. The maximum atomic E-state index is 11.3. The molecule has 3 N–H and O–H groups in total. The van der Waals surface area contributed by atoms with E-state index in [1.165, 1.54) is 41.8 Å². The van der Waals surface area contributed by atoms with Crippen molar-refractivity contribution in [2.75, 3.05) is 10.6 Å². The van der Waals surface area contributed by atoms with E-state index in [1.54, 1.807) is 25.1 Å². The van der Waals surface area contributed by atoms with Crippen LogP contribution in [0.4, 0.5) is 11.4 Å². The second kappa shape index (κ2) is 8.30. The van der Waals surface area contributed by atoms with Gasteiger partial charge in [0.25, 0.3) is 0 Å². The summed E-state index contributed by atoms with van der Waals surface area (Å²) in [4.78, 5) is 20.5. The van der Waals surface area contributed by atoms with Crippen molar-refractivity contribution in [2.24, 2.45) is 4.99 Å². The first-order chi connectivity index (χ1) is 12.0. The number of aliphatic imine (C=N–C) groups is 1. The van der Waals surface area contributed by atoms with Gasteiger partial charge in [-0.1, -0.05) is 12.6 Å². The number of aromatic nitrogens is 1. The van der Waals surface area contributed by atoms with Gasteiger partial charge >= 0.3 is 0 Å². The van der Waals surface area contributed by atoms with Gasteiger partial charge in [-0.3, -0.25) is 14.7 Å². The predicted octanol–water partition coefficient (Wildman–Crippen LogP) is 2.78. The van der Waals surface area contributed by atoms with E-state index >= 15 is 0 Å². The van der Waals surface area contributed by atoms with Gasteiger partial charge in [0.2, 0.25) is 12.3 Å². The highest BCUT2D eigenvalue weighted by Gasteiger charge is 2.07. The van der Waals surface area contributed by atoms with Crippen LogP contribution in [0.5, 0.6) is 11.5 Å². The van der Waals surface area contributed by atoms with Crippen LogP contribution < -0.4 is 15.4 Å². The van der Waals surface area contributed by atoms with Gasteiger partial charge in [0.15, 0.2) is 0 Å². The smallest absolute Gasteiger partial charge is 0.220 e. The molecular weight excluding hydrogens is 320 g/mol. The highest BCUT2D eigenvalue weighted by Crippen LogP contribution is 2.23. The van der Waals surface area contributed by atoms with Gasteiger partial charge < -0.3 is 15.6 Å². The molecule has 0 saturated heterocycles. The molecule has 0 radical (unpaired) electrons. The maximum Gasteiger partial charge on any atom is 0.220 e. The van der Waals surface area contributed by atoms with Crippen molar-refractivity contribution < 1.29 is 14.6 Å². The number of nitrogens with zero attached hydrogens (tertiary/aromatic N) is 3. The molecule has 0 unspecified atom stereocenters. The number of pyridine rings is 1. The normalized spacial score (nSPS) is 11.3. The zero-order valence-electron chi connectivity index (χ0n) is 13.7. The minimum Gasteiger partial charge on any atom is -0.508 e. The SMILES string of the molecule is C=CN=C(/C=C\N(C=O)c1ccncc1N)Oc1ccc(C)c(O)c1. The molecule has 0 bridgehead atoms. The highest BCUT2D eigenvalue weighted by atomic mass is 16.5. The van der Waals surface area contributed by atoms with Crippen molar-refractivity contribution >= 4 is 23.7 Å². The van der Waals surface area contributed by atoms with E-state index in [0.29, 0.717) is 23.5 Å². The number of aromatic hydroxyl groups is 1. The molecule has 0 aliphatic heterocycles. The summed E-state index contributed by atoms with van der Waals surface area (Å²) in [6, 6.07) is 6.49. The van der Waals surface area contributed by atoms with Gasteiger partial charge in [0.1, 0.15) is 11.5 Å². The summed E-state index contributed by atoms with van der Waals surface area (Å²) >= 11 is 0. The lowest BCUT2D eigenvalue weighted by Crippen LogP contribution is -2.16. The van der Waals surface area contributed by atoms with E-state index < -0.39 is 0 Å². The summed E-state index contributed by atoms with van der Waals surface area (Å²) in [5.41, 5.74) is 7.37. The molecule has 1 heterocycles. The van der Waals surface area contributed by atoms with Crippen molar-refractivity contribution in [1.29, 1.82) is 0 Å². The Labute approximate surface area is 145 Å². The first kappa shape index (κ1) is 17.7. The van der Waals surface area contributed by atoms with E-state index in [0.717, 1.165) is 5.56 Å². The van der Waals surface area contributed by atoms with Crippen LogP contribution >= 0.6 is 0 Å². The van der Waals surface area contributed by atoms with Crippen LogP contribution in [0.2, 0.25) is 0 Å². The average molecular weight is 338 g/mol. The molecule has 1 aromatic carbocycles. The summed E-state index contributed by atoms with van der Waals surface area (Å²) in [5.74, 6) is 0.686. The predicted molar refractivity (Wildman–Crippen MR) is 97.4 cm³/mol. The lowest BCUT2D eigenvalue weighted by atomic mass is 10.2. The molecule has 2 rings (SSSR count). The molecular formula is C18H18N4O3. The van der Waals surface area contributed by atoms with Gasteiger partial charge in [0.05, 0.1) is 17.6 Å². The molecule has 2 aromatic rings. The minimum atomic E-state index is 0.110. The number of amides is 1. The Morgan fingerprint density at radius 1 is 1.44 bits per heavy atom. The topological polar surface area (TPSA) is 101 Å². The number of phenolic OH excluding ortho intramolecular Hbond substituents is 1. The Balaban J connectivity index is 2.22. The minimum absolute atomic E-state index is 0.110. The first-order valence-corrected chi connectivity index (χ1v) is 7.32. The van der Waals surface area contributed by atoms with Gasteiger partial charge in [-0.2, -0.15) is 0 Å². The van der Waals surface area contributed by atoms with Gasteiger partial charge in [-0.15, -0.1) is 0 Å². The molecule has 0 spiro atoms. The standard InChI is InChI=1S/C18H18N4O3/c1-3-21-18(25-14-5-4-13(2)17(24)10-14)7-9-22(12-23)16-6-8-20-11-15(16)19/h3-12,24H,1,19H2,2H3/b9-7-,21-18?. The third kappa shape index (κ3) is 4.68. The number of nitrogens with two attached hydrogens (primary N) is 1. The summed E-state index contributed by atoms with van der Waals surface area (Å²) in [6.45, 7) is 5.31. The Kier molecular flexibility index (Phi) is 5.89. The van der Waals surface area contributed by atoms with E-state index in [2.05, 4.69) is 16.6 Å². The molecule has 0 fully saturated rings. The zero-order valence-corrected chi connectivity index (χ0v) is 13.7. The second-order valence-electron chi connectivity index (χ2n) is 4.96. The number of ether oxygens (including phenoxy) is 1. The second-order valence-corrected chi connectivity index (χ2v) is 4.96. The molecule has 1 amide bonds. The number of phenols is 1. The zero-order chi connectivity index (χ0) is 18.2. The Hall–Kier alpha value is -3.61. The van der Waals surface area contributed by atoms with E-state index in [1.807, 2.05) is 0 Å². The number of benzene rings is 1. The van der Waals surface area contributed by atoms with Crippen LogP contribution in [0, 0.1) is 6.92 Å². The van der Waals surface area contributed by atoms with Crippen LogP contribution in [0.1, 0.15) is 5.56 Å². The lowest BCUT2D eigenvalue weighted by molar-refractivity contribution is -0.106. The fraction of sp³-hybridized carbons (Fsp3) is 0.0556. The number of aryl methyl sites for hydroxylation is 1. The molecule has 7 heteroatoms. The molecule has 128 valence electrons. The van der Waals surface area contributed by atoms with Crippen LogP contribution in [-0.4, -0.2) is 22.4 Å². The van der Waals surface area contributed by atoms with Crippen LogP contribution in [-0.2, 0) is 4.79 Å².